The van der Waals surface area contributed by atoms with E-state index in [-0.39, 0.29) is 29.8 Å². The molecule has 0 saturated carbocycles. The van der Waals surface area contributed by atoms with Gasteiger partial charge >= 0.3 is 0 Å². The predicted molar refractivity (Wildman–Crippen MR) is 107 cm³/mol. The summed E-state index contributed by atoms with van der Waals surface area (Å²) in [5.74, 6) is 0.125. The van der Waals surface area contributed by atoms with Gasteiger partial charge in [0, 0.05) is 10.0 Å². The number of hydrogen-bond donors (Lipinski definition) is 2. The van der Waals surface area contributed by atoms with E-state index in [9.17, 15) is 8.42 Å². The van der Waals surface area contributed by atoms with Gasteiger partial charge in [-0.3, -0.25) is 4.72 Å². The number of anilines is 1. The molecule has 146 valence electrons. The number of hydrogen-bond acceptors (Lipinski definition) is 6. The molecule has 0 aliphatic carbocycles. The lowest BCUT2D eigenvalue weighted by molar-refractivity contribution is 0.197. The van der Waals surface area contributed by atoms with E-state index < -0.39 is 10.0 Å². The number of nitrogens with one attached hydrogen (secondary N) is 1. The Labute approximate surface area is 172 Å². The fourth-order valence-corrected chi connectivity index (χ4v) is 3.74. The van der Waals surface area contributed by atoms with E-state index in [0.29, 0.717) is 21.2 Å². The van der Waals surface area contributed by atoms with Gasteiger partial charge in [0.1, 0.15) is 12.9 Å². The van der Waals surface area contributed by atoms with Gasteiger partial charge in [0.15, 0.2) is 5.82 Å². The molecule has 2 aromatic carbocycles. The molecule has 0 spiro atoms. The summed E-state index contributed by atoms with van der Waals surface area (Å²) in [4.78, 5) is 8.15. The summed E-state index contributed by atoms with van der Waals surface area (Å²) in [7, 11) is -3.94. The van der Waals surface area contributed by atoms with Gasteiger partial charge in [-0.05, 0) is 42.0 Å². The molecule has 10 heteroatoms. The monoisotopic (exact) mass is 439 g/mol. The van der Waals surface area contributed by atoms with Gasteiger partial charge < -0.3 is 9.84 Å². The molecule has 0 aliphatic rings. The Bertz CT molecular complexity index is 1080. The van der Waals surface area contributed by atoms with Gasteiger partial charge in [0.05, 0.1) is 17.1 Å². The fourth-order valence-electron chi connectivity index (χ4n) is 2.40. The number of rotatable bonds is 7. The van der Waals surface area contributed by atoms with Crippen molar-refractivity contribution in [2.45, 2.75) is 4.90 Å². The smallest absolute Gasteiger partial charge is 0.263 e. The first kappa shape index (κ1) is 20.3. The zero-order chi connectivity index (χ0) is 20.1. The number of aliphatic hydroxyl groups excluding tert-OH is 1. The van der Waals surface area contributed by atoms with Gasteiger partial charge in [-0.1, -0.05) is 35.3 Å². The summed E-state index contributed by atoms with van der Waals surface area (Å²) in [6, 6.07) is 12.5. The van der Waals surface area contributed by atoms with Gasteiger partial charge in [-0.15, -0.1) is 0 Å². The quantitative estimate of drug-likeness (QED) is 0.582. The van der Waals surface area contributed by atoms with E-state index in [0.717, 1.165) is 0 Å². The minimum Gasteiger partial charge on any atom is -0.475 e. The Morgan fingerprint density at radius 1 is 1.04 bits per heavy atom. The Hall–Kier alpha value is -2.39. The molecule has 2 N–H and O–H groups in total. The van der Waals surface area contributed by atoms with E-state index in [4.69, 9.17) is 33.0 Å². The number of nitrogens with zero attached hydrogens (tertiary/aromatic N) is 2. The van der Waals surface area contributed by atoms with Crippen molar-refractivity contribution < 1.29 is 18.3 Å². The summed E-state index contributed by atoms with van der Waals surface area (Å²) in [5, 5.41) is 9.91. The molecular weight excluding hydrogens is 425 g/mol. The first-order valence-corrected chi connectivity index (χ1v) is 10.3. The second kappa shape index (κ2) is 8.74. The number of aliphatic hydroxyl groups is 1. The third-order valence-electron chi connectivity index (χ3n) is 3.61. The molecule has 1 heterocycles. The van der Waals surface area contributed by atoms with Gasteiger partial charge in [-0.25, -0.2) is 18.4 Å². The molecule has 3 rings (SSSR count). The summed E-state index contributed by atoms with van der Waals surface area (Å²) in [6.45, 7) is -0.251. The maximum Gasteiger partial charge on any atom is 0.263 e. The molecule has 7 nitrogen and oxygen atoms in total. The lowest BCUT2D eigenvalue weighted by atomic mass is 10.1. The lowest BCUT2D eigenvalue weighted by Gasteiger charge is -2.15. The SMILES string of the molecule is O=S(=O)(Nc1ncnc(OCCO)c1-c1cccc(Cl)c1)c1ccc(Cl)cc1. The van der Waals surface area contributed by atoms with Crippen LogP contribution in [-0.4, -0.2) is 36.7 Å². The van der Waals surface area contributed by atoms with Crippen LogP contribution in [0.2, 0.25) is 10.0 Å². The van der Waals surface area contributed by atoms with Crippen LogP contribution in [0.4, 0.5) is 5.82 Å². The summed E-state index contributed by atoms with van der Waals surface area (Å²) in [6.07, 6.45) is 1.17. The molecule has 0 amide bonds. The molecular formula is C18H15Cl2N3O4S. The molecule has 0 unspecified atom stereocenters. The van der Waals surface area contributed by atoms with Crippen molar-refractivity contribution >= 4 is 39.0 Å². The van der Waals surface area contributed by atoms with Gasteiger partial charge in [0.2, 0.25) is 5.88 Å². The van der Waals surface area contributed by atoms with Crippen LogP contribution in [0.3, 0.4) is 0 Å². The van der Waals surface area contributed by atoms with Crippen molar-refractivity contribution in [2.75, 3.05) is 17.9 Å². The van der Waals surface area contributed by atoms with E-state index in [2.05, 4.69) is 14.7 Å². The highest BCUT2D eigenvalue weighted by molar-refractivity contribution is 7.92. The molecule has 0 fully saturated rings. The number of aromatic nitrogens is 2. The zero-order valence-corrected chi connectivity index (χ0v) is 16.7. The highest BCUT2D eigenvalue weighted by atomic mass is 35.5. The van der Waals surface area contributed by atoms with Crippen LogP contribution < -0.4 is 9.46 Å². The minimum absolute atomic E-state index is 0.0140. The second-order valence-corrected chi connectivity index (χ2v) is 8.10. The van der Waals surface area contributed by atoms with E-state index >= 15 is 0 Å². The van der Waals surface area contributed by atoms with Crippen LogP contribution in [0.25, 0.3) is 11.1 Å². The topological polar surface area (TPSA) is 101 Å². The molecule has 1 aromatic heterocycles. The van der Waals surface area contributed by atoms with Crippen LogP contribution in [0.1, 0.15) is 0 Å². The normalized spacial score (nSPS) is 11.2. The highest BCUT2D eigenvalue weighted by Gasteiger charge is 2.21. The van der Waals surface area contributed by atoms with Crippen LogP contribution >= 0.6 is 23.2 Å². The molecule has 3 aromatic rings. The second-order valence-electron chi connectivity index (χ2n) is 5.54. The summed E-state index contributed by atoms with van der Waals surface area (Å²) in [5.41, 5.74) is 0.853. The van der Waals surface area contributed by atoms with Gasteiger partial charge in [0.25, 0.3) is 10.0 Å². The third-order valence-corrected chi connectivity index (χ3v) is 5.45. The number of halogens is 2. The molecule has 0 atom stereocenters. The van der Waals surface area contributed by atoms with Crippen molar-refractivity contribution in [2.24, 2.45) is 0 Å². The Balaban J connectivity index is 2.08. The highest BCUT2D eigenvalue weighted by Crippen LogP contribution is 2.36. The van der Waals surface area contributed by atoms with Crippen molar-refractivity contribution in [3.63, 3.8) is 0 Å². The Kier molecular flexibility index (Phi) is 6.35. The average molecular weight is 440 g/mol. The number of ether oxygens (including phenoxy) is 1. The molecule has 0 saturated heterocycles. The van der Waals surface area contributed by atoms with Crippen LogP contribution in [0.15, 0.2) is 59.8 Å². The Morgan fingerprint density at radius 2 is 1.79 bits per heavy atom. The van der Waals surface area contributed by atoms with Crippen molar-refractivity contribution in [3.8, 4) is 17.0 Å². The Morgan fingerprint density at radius 3 is 2.46 bits per heavy atom. The summed E-state index contributed by atoms with van der Waals surface area (Å²) < 4.78 is 33.4. The standard InChI is InChI=1S/C18H15Cl2N3O4S/c19-13-4-6-15(7-5-13)28(25,26)23-17-16(12-2-1-3-14(20)10-12)18(22-11-21-17)27-9-8-24/h1-7,10-11,24H,8-9H2,(H,21,22,23). The maximum absolute atomic E-state index is 12.8. The van der Waals surface area contributed by atoms with Crippen molar-refractivity contribution in [1.29, 1.82) is 0 Å². The van der Waals surface area contributed by atoms with E-state index in [1.807, 2.05) is 0 Å². The zero-order valence-electron chi connectivity index (χ0n) is 14.3. The van der Waals surface area contributed by atoms with E-state index in [1.54, 1.807) is 24.3 Å². The van der Waals surface area contributed by atoms with Crippen LogP contribution in [0, 0.1) is 0 Å². The van der Waals surface area contributed by atoms with Crippen LogP contribution in [0.5, 0.6) is 5.88 Å². The van der Waals surface area contributed by atoms with Crippen molar-refractivity contribution in [3.05, 3.63) is 64.9 Å². The fraction of sp³-hybridized carbons (Fsp3) is 0.111. The minimum atomic E-state index is -3.94. The molecule has 0 aliphatic heterocycles. The maximum atomic E-state index is 12.8. The molecule has 28 heavy (non-hydrogen) atoms. The first-order chi connectivity index (χ1) is 13.4. The van der Waals surface area contributed by atoms with Crippen LogP contribution in [-0.2, 0) is 10.0 Å². The average Bonchev–Trinajstić information content (AvgIpc) is 2.66. The van der Waals surface area contributed by atoms with Crippen molar-refractivity contribution in [1.82, 2.24) is 9.97 Å². The lowest BCUT2D eigenvalue weighted by Crippen LogP contribution is -2.15. The number of sulfonamides is 1. The van der Waals surface area contributed by atoms with E-state index in [1.165, 1.54) is 30.6 Å². The van der Waals surface area contributed by atoms with Gasteiger partial charge in [-0.2, -0.15) is 0 Å². The summed E-state index contributed by atoms with van der Waals surface area (Å²) >= 11 is 11.9. The number of benzene rings is 2. The molecule has 0 radical (unpaired) electrons. The molecule has 0 bridgehead atoms. The first-order valence-electron chi connectivity index (χ1n) is 8.03. The predicted octanol–water partition coefficient (Wildman–Crippen LogP) is 3.62. The third kappa shape index (κ3) is 4.71. The largest absolute Gasteiger partial charge is 0.475 e.